The molecule has 0 radical (unpaired) electrons. The number of aliphatic hydroxyl groups is 1. The third-order valence-corrected chi connectivity index (χ3v) is 4.30. The molecule has 1 aromatic rings. The number of hydrogen-bond acceptors (Lipinski definition) is 3. The Kier molecular flexibility index (Phi) is 4.69. The molecule has 5 heteroatoms. The minimum absolute atomic E-state index is 0.100. The molecule has 0 aromatic heterocycles. The Balaban J connectivity index is 2.33. The van der Waals surface area contributed by atoms with Crippen molar-refractivity contribution in [3.05, 3.63) is 35.4 Å². The van der Waals surface area contributed by atoms with E-state index in [-0.39, 0.29) is 11.7 Å². The minimum atomic E-state index is -0.958. The van der Waals surface area contributed by atoms with Crippen molar-refractivity contribution in [3.63, 3.8) is 0 Å². The van der Waals surface area contributed by atoms with Gasteiger partial charge in [-0.1, -0.05) is 24.3 Å². The highest BCUT2D eigenvalue weighted by atomic mass is 35.5. The van der Waals surface area contributed by atoms with E-state index in [1.54, 1.807) is 38.1 Å². The lowest BCUT2D eigenvalue weighted by atomic mass is 9.68. The molecule has 0 bridgehead atoms. The van der Waals surface area contributed by atoms with Gasteiger partial charge >= 0.3 is 0 Å². The van der Waals surface area contributed by atoms with E-state index in [0.717, 1.165) is 0 Å². The molecular weight excluding hydrogens is 290 g/mol. The Bertz CT molecular complexity index is 556. The van der Waals surface area contributed by atoms with E-state index in [2.05, 4.69) is 5.32 Å². The second-order valence-corrected chi connectivity index (χ2v) is 6.30. The number of amides is 1. The first-order valence-corrected chi connectivity index (χ1v) is 7.60. The van der Waals surface area contributed by atoms with Gasteiger partial charge in [0.2, 0.25) is 5.91 Å². The predicted octanol–water partition coefficient (Wildman–Crippen LogP) is 2.45. The van der Waals surface area contributed by atoms with Crippen molar-refractivity contribution >= 4 is 23.3 Å². The smallest absolute Gasteiger partial charge is 0.220 e. The van der Waals surface area contributed by atoms with Gasteiger partial charge in [-0.2, -0.15) is 0 Å². The summed E-state index contributed by atoms with van der Waals surface area (Å²) in [6, 6.07) is 6.53. The van der Waals surface area contributed by atoms with Gasteiger partial charge in [-0.25, -0.2) is 0 Å². The SMILES string of the molecule is CC1(C)C(=O)c2ccccc2[C@@H](NC(=O)CCCCl)[C@@H]1O. The van der Waals surface area contributed by atoms with Crippen LogP contribution in [-0.2, 0) is 4.79 Å². The van der Waals surface area contributed by atoms with Crippen molar-refractivity contribution in [1.29, 1.82) is 0 Å². The molecule has 4 nitrogen and oxygen atoms in total. The fraction of sp³-hybridized carbons (Fsp3) is 0.500. The Morgan fingerprint density at radius 2 is 2.05 bits per heavy atom. The quantitative estimate of drug-likeness (QED) is 0.840. The summed E-state index contributed by atoms with van der Waals surface area (Å²) in [4.78, 5) is 24.4. The lowest BCUT2D eigenvalue weighted by Gasteiger charge is -2.40. The summed E-state index contributed by atoms with van der Waals surface area (Å²) in [5.74, 6) is 0.151. The monoisotopic (exact) mass is 309 g/mol. The Morgan fingerprint density at radius 3 is 2.71 bits per heavy atom. The van der Waals surface area contributed by atoms with Crippen molar-refractivity contribution in [3.8, 4) is 0 Å². The molecular formula is C16H20ClNO3. The first-order valence-electron chi connectivity index (χ1n) is 7.06. The lowest BCUT2D eigenvalue weighted by Crippen LogP contribution is -2.51. The molecule has 0 unspecified atom stereocenters. The van der Waals surface area contributed by atoms with Crippen molar-refractivity contribution in [2.24, 2.45) is 5.41 Å². The van der Waals surface area contributed by atoms with E-state index in [1.807, 2.05) is 0 Å². The minimum Gasteiger partial charge on any atom is -0.390 e. The maximum absolute atomic E-state index is 12.5. The zero-order valence-corrected chi connectivity index (χ0v) is 13.0. The summed E-state index contributed by atoms with van der Waals surface area (Å²) >= 11 is 5.59. The van der Waals surface area contributed by atoms with E-state index in [4.69, 9.17) is 11.6 Å². The molecule has 0 saturated heterocycles. The normalized spacial score (nSPS) is 23.5. The van der Waals surface area contributed by atoms with Crippen LogP contribution in [0.3, 0.4) is 0 Å². The van der Waals surface area contributed by atoms with Crippen molar-refractivity contribution in [2.75, 3.05) is 5.88 Å². The predicted molar refractivity (Wildman–Crippen MR) is 81.4 cm³/mol. The largest absolute Gasteiger partial charge is 0.390 e. The number of hydrogen-bond donors (Lipinski definition) is 2. The number of carbonyl (C=O) groups is 2. The molecule has 1 amide bonds. The molecule has 1 aliphatic carbocycles. The number of halogens is 1. The zero-order chi connectivity index (χ0) is 15.6. The van der Waals surface area contributed by atoms with E-state index in [0.29, 0.717) is 29.8 Å². The Morgan fingerprint density at radius 1 is 1.38 bits per heavy atom. The summed E-state index contributed by atoms with van der Waals surface area (Å²) < 4.78 is 0. The third-order valence-electron chi connectivity index (χ3n) is 4.03. The molecule has 0 heterocycles. The Labute approximate surface area is 129 Å². The van der Waals surface area contributed by atoms with Crippen LogP contribution in [0, 0.1) is 5.41 Å². The van der Waals surface area contributed by atoms with Crippen LogP contribution in [0.4, 0.5) is 0 Å². The fourth-order valence-electron chi connectivity index (χ4n) is 2.67. The van der Waals surface area contributed by atoms with Gasteiger partial charge in [0.15, 0.2) is 5.78 Å². The molecule has 114 valence electrons. The Hall–Kier alpha value is -1.39. The average Bonchev–Trinajstić information content (AvgIpc) is 2.48. The summed E-state index contributed by atoms with van der Waals surface area (Å²) in [5.41, 5.74) is 0.308. The van der Waals surface area contributed by atoms with Crippen LogP contribution in [0.25, 0.3) is 0 Å². The molecule has 0 aliphatic heterocycles. The highest BCUT2D eigenvalue weighted by Gasteiger charge is 2.47. The second-order valence-electron chi connectivity index (χ2n) is 5.92. The maximum atomic E-state index is 12.5. The number of nitrogens with one attached hydrogen (secondary N) is 1. The van der Waals surface area contributed by atoms with Gasteiger partial charge in [0.05, 0.1) is 17.6 Å². The van der Waals surface area contributed by atoms with Crippen molar-refractivity contribution < 1.29 is 14.7 Å². The molecule has 2 rings (SSSR count). The number of carbonyl (C=O) groups excluding carboxylic acids is 2. The lowest BCUT2D eigenvalue weighted by molar-refractivity contribution is -0.123. The zero-order valence-electron chi connectivity index (χ0n) is 12.2. The number of aliphatic hydroxyl groups excluding tert-OH is 1. The van der Waals surface area contributed by atoms with Gasteiger partial charge in [-0.05, 0) is 25.8 Å². The van der Waals surface area contributed by atoms with Crippen LogP contribution in [0.15, 0.2) is 24.3 Å². The van der Waals surface area contributed by atoms with Crippen LogP contribution < -0.4 is 5.32 Å². The molecule has 2 N–H and O–H groups in total. The maximum Gasteiger partial charge on any atom is 0.220 e. The number of ketones is 1. The van der Waals surface area contributed by atoms with Gasteiger partial charge in [-0.15, -0.1) is 11.6 Å². The average molecular weight is 310 g/mol. The van der Waals surface area contributed by atoms with Crippen LogP contribution >= 0.6 is 11.6 Å². The topological polar surface area (TPSA) is 66.4 Å². The fourth-order valence-corrected chi connectivity index (χ4v) is 2.81. The second kappa shape index (κ2) is 6.16. The number of rotatable bonds is 4. The van der Waals surface area contributed by atoms with Gasteiger partial charge in [0.1, 0.15) is 0 Å². The molecule has 0 spiro atoms. The van der Waals surface area contributed by atoms with Gasteiger partial charge in [-0.3, -0.25) is 9.59 Å². The molecule has 21 heavy (non-hydrogen) atoms. The number of fused-ring (bicyclic) bond motifs is 1. The van der Waals surface area contributed by atoms with Crippen LogP contribution in [-0.4, -0.2) is 28.8 Å². The van der Waals surface area contributed by atoms with E-state index in [1.165, 1.54) is 0 Å². The first kappa shape index (κ1) is 16.0. The number of Topliss-reactive ketones (excluding diaryl/α,β-unsaturated/α-hetero) is 1. The summed E-state index contributed by atoms with van der Waals surface area (Å²) in [5, 5.41) is 13.4. The van der Waals surface area contributed by atoms with Crippen molar-refractivity contribution in [2.45, 2.75) is 38.8 Å². The molecule has 0 saturated carbocycles. The van der Waals surface area contributed by atoms with Crippen LogP contribution in [0.2, 0.25) is 0 Å². The summed E-state index contributed by atoms with van der Waals surface area (Å²) in [6.45, 7) is 3.40. The van der Waals surface area contributed by atoms with Gasteiger partial charge in [0.25, 0.3) is 0 Å². The number of benzene rings is 1. The molecule has 2 atom stereocenters. The molecule has 1 aromatic carbocycles. The third kappa shape index (κ3) is 2.97. The highest BCUT2D eigenvalue weighted by molar-refractivity contribution is 6.17. The number of alkyl halides is 1. The molecule has 1 aliphatic rings. The molecule has 0 fully saturated rings. The van der Waals surface area contributed by atoms with Gasteiger partial charge < -0.3 is 10.4 Å². The first-order chi connectivity index (χ1) is 9.89. The van der Waals surface area contributed by atoms with Crippen LogP contribution in [0.5, 0.6) is 0 Å². The summed E-state index contributed by atoms with van der Waals surface area (Å²) in [6.07, 6.45) is -0.0662. The van der Waals surface area contributed by atoms with E-state index >= 15 is 0 Å². The van der Waals surface area contributed by atoms with E-state index < -0.39 is 17.6 Å². The highest BCUT2D eigenvalue weighted by Crippen LogP contribution is 2.40. The van der Waals surface area contributed by atoms with E-state index in [9.17, 15) is 14.7 Å². The van der Waals surface area contributed by atoms with Crippen LogP contribution in [0.1, 0.15) is 48.7 Å². The van der Waals surface area contributed by atoms with Crippen molar-refractivity contribution in [1.82, 2.24) is 5.32 Å². The standard InChI is InChI=1S/C16H20ClNO3/c1-16(2)14(20)11-7-4-3-6-10(11)13(15(16)21)18-12(19)8-5-9-17/h3-4,6-7,13,15,21H,5,8-9H2,1-2H3,(H,18,19)/t13-,15+/m1/s1. The van der Waals surface area contributed by atoms with Gasteiger partial charge in [0, 0.05) is 17.9 Å². The summed E-state index contributed by atoms with van der Waals surface area (Å²) in [7, 11) is 0.